The van der Waals surface area contributed by atoms with Crippen molar-refractivity contribution < 1.29 is 14.3 Å². The van der Waals surface area contributed by atoms with Crippen molar-refractivity contribution in [3.63, 3.8) is 0 Å². The lowest BCUT2D eigenvalue weighted by Crippen LogP contribution is -2.37. The molecule has 0 spiro atoms. The van der Waals surface area contributed by atoms with E-state index in [1.807, 2.05) is 44.2 Å². The second-order valence-corrected chi connectivity index (χ2v) is 4.08. The van der Waals surface area contributed by atoms with Gasteiger partial charge < -0.3 is 15.2 Å². The van der Waals surface area contributed by atoms with Crippen LogP contribution in [0.4, 0.5) is 0 Å². The first-order valence-corrected chi connectivity index (χ1v) is 5.67. The van der Waals surface area contributed by atoms with Gasteiger partial charge in [-0.25, -0.2) is 0 Å². The van der Waals surface area contributed by atoms with E-state index in [2.05, 4.69) is 0 Å². The van der Waals surface area contributed by atoms with Crippen molar-refractivity contribution in [1.29, 1.82) is 0 Å². The summed E-state index contributed by atoms with van der Waals surface area (Å²) >= 11 is 0. The molecule has 17 heavy (non-hydrogen) atoms. The highest BCUT2D eigenvalue weighted by molar-refractivity contribution is 5.75. The fourth-order valence-electron chi connectivity index (χ4n) is 1.20. The molecular formula is C13H19NO3. The van der Waals surface area contributed by atoms with E-state index in [1.54, 1.807) is 0 Å². The van der Waals surface area contributed by atoms with Crippen LogP contribution >= 0.6 is 0 Å². The Balaban J connectivity index is 2.29. The van der Waals surface area contributed by atoms with Gasteiger partial charge in [-0.3, -0.25) is 4.79 Å². The van der Waals surface area contributed by atoms with Crippen molar-refractivity contribution >= 4 is 5.97 Å². The summed E-state index contributed by atoms with van der Waals surface area (Å²) in [5.41, 5.74) is 6.57. The molecule has 0 aliphatic heterocycles. The Labute approximate surface area is 102 Å². The third-order valence-corrected chi connectivity index (χ3v) is 2.14. The maximum atomic E-state index is 11.5. The molecule has 0 fully saturated rings. The van der Waals surface area contributed by atoms with Crippen molar-refractivity contribution in [2.75, 3.05) is 6.61 Å². The lowest BCUT2D eigenvalue weighted by atomic mass is 10.2. The molecule has 0 aromatic heterocycles. The molecule has 1 rings (SSSR count). The monoisotopic (exact) mass is 237 g/mol. The predicted octanol–water partition coefficient (Wildman–Crippen LogP) is 1.48. The van der Waals surface area contributed by atoms with E-state index in [9.17, 15) is 4.79 Å². The number of ether oxygens (including phenoxy) is 2. The quantitative estimate of drug-likeness (QED) is 0.761. The van der Waals surface area contributed by atoms with E-state index < -0.39 is 12.0 Å². The molecule has 1 aromatic rings. The Morgan fingerprint density at radius 1 is 1.29 bits per heavy atom. The fourth-order valence-corrected chi connectivity index (χ4v) is 1.20. The van der Waals surface area contributed by atoms with E-state index in [-0.39, 0.29) is 19.3 Å². The molecular weight excluding hydrogens is 218 g/mol. The summed E-state index contributed by atoms with van der Waals surface area (Å²) in [7, 11) is 0. The van der Waals surface area contributed by atoms with Gasteiger partial charge in [0.25, 0.3) is 0 Å². The van der Waals surface area contributed by atoms with E-state index in [1.165, 1.54) is 0 Å². The van der Waals surface area contributed by atoms with Crippen LogP contribution in [-0.2, 0) is 20.9 Å². The standard InChI is InChI=1S/C13H19NO3/c1-10(2)16-9-12(14)13(15)17-8-11-6-4-3-5-7-11/h3-7,10,12H,8-9,14H2,1-2H3/t12-/m1/s1. The minimum absolute atomic E-state index is 0.0583. The Hall–Kier alpha value is -1.39. The summed E-state index contributed by atoms with van der Waals surface area (Å²) in [6.45, 7) is 4.21. The molecule has 0 aliphatic rings. The smallest absolute Gasteiger partial charge is 0.325 e. The highest BCUT2D eigenvalue weighted by Gasteiger charge is 2.15. The van der Waals surface area contributed by atoms with Crippen molar-refractivity contribution in [3.05, 3.63) is 35.9 Å². The van der Waals surface area contributed by atoms with Gasteiger partial charge in [0.05, 0.1) is 12.7 Å². The van der Waals surface area contributed by atoms with Crippen LogP contribution in [0.2, 0.25) is 0 Å². The predicted molar refractivity (Wildman–Crippen MR) is 65.3 cm³/mol. The van der Waals surface area contributed by atoms with Gasteiger partial charge in [-0.1, -0.05) is 30.3 Å². The van der Waals surface area contributed by atoms with Crippen LogP contribution in [0, 0.1) is 0 Å². The lowest BCUT2D eigenvalue weighted by Gasteiger charge is -2.13. The number of nitrogens with two attached hydrogens (primary N) is 1. The molecule has 4 heteroatoms. The number of carbonyl (C=O) groups excluding carboxylic acids is 1. The van der Waals surface area contributed by atoms with Crippen LogP contribution in [0.3, 0.4) is 0 Å². The molecule has 0 heterocycles. The number of esters is 1. The van der Waals surface area contributed by atoms with Gasteiger partial charge in [-0.2, -0.15) is 0 Å². The van der Waals surface area contributed by atoms with Gasteiger partial charge >= 0.3 is 5.97 Å². The first-order valence-electron chi connectivity index (χ1n) is 5.67. The van der Waals surface area contributed by atoms with Crippen molar-refractivity contribution in [2.24, 2.45) is 5.73 Å². The molecule has 0 bridgehead atoms. The summed E-state index contributed by atoms with van der Waals surface area (Å²) in [5.74, 6) is -0.436. The highest BCUT2D eigenvalue weighted by atomic mass is 16.5. The number of carbonyl (C=O) groups is 1. The van der Waals surface area contributed by atoms with Crippen LogP contribution in [0.25, 0.3) is 0 Å². The average molecular weight is 237 g/mol. The van der Waals surface area contributed by atoms with Crippen LogP contribution in [0.15, 0.2) is 30.3 Å². The largest absolute Gasteiger partial charge is 0.460 e. The van der Waals surface area contributed by atoms with E-state index >= 15 is 0 Å². The maximum absolute atomic E-state index is 11.5. The second-order valence-electron chi connectivity index (χ2n) is 4.08. The van der Waals surface area contributed by atoms with Gasteiger partial charge in [0, 0.05) is 0 Å². The van der Waals surface area contributed by atoms with Crippen molar-refractivity contribution in [3.8, 4) is 0 Å². The molecule has 0 radical (unpaired) electrons. The van der Waals surface area contributed by atoms with Crippen LogP contribution < -0.4 is 5.73 Å². The van der Waals surface area contributed by atoms with Gasteiger partial charge in [-0.05, 0) is 19.4 Å². The first kappa shape index (κ1) is 13.7. The molecule has 0 aliphatic carbocycles. The lowest BCUT2D eigenvalue weighted by molar-refractivity contribution is -0.148. The molecule has 1 atom stereocenters. The topological polar surface area (TPSA) is 61.5 Å². The van der Waals surface area contributed by atoms with Crippen LogP contribution in [0.5, 0.6) is 0 Å². The summed E-state index contributed by atoms with van der Waals surface area (Å²) in [4.78, 5) is 11.5. The fraction of sp³-hybridized carbons (Fsp3) is 0.462. The molecule has 0 saturated carbocycles. The molecule has 0 saturated heterocycles. The molecule has 4 nitrogen and oxygen atoms in total. The van der Waals surface area contributed by atoms with E-state index in [0.717, 1.165) is 5.56 Å². The zero-order valence-corrected chi connectivity index (χ0v) is 10.3. The number of hydrogen-bond acceptors (Lipinski definition) is 4. The molecule has 0 amide bonds. The normalized spacial score (nSPS) is 12.5. The number of benzene rings is 1. The van der Waals surface area contributed by atoms with Gasteiger partial charge in [-0.15, -0.1) is 0 Å². The summed E-state index contributed by atoms with van der Waals surface area (Å²) in [5, 5.41) is 0. The first-order chi connectivity index (χ1) is 8.09. The Bertz CT molecular complexity index is 338. The molecule has 1 aromatic carbocycles. The second kappa shape index (κ2) is 7.04. The number of rotatable bonds is 6. The molecule has 94 valence electrons. The van der Waals surface area contributed by atoms with Gasteiger partial charge in [0.2, 0.25) is 0 Å². The minimum Gasteiger partial charge on any atom is -0.460 e. The van der Waals surface area contributed by atoms with E-state index in [0.29, 0.717) is 0 Å². The molecule has 0 unspecified atom stereocenters. The highest BCUT2D eigenvalue weighted by Crippen LogP contribution is 2.02. The Kier molecular flexibility index (Phi) is 5.66. The van der Waals surface area contributed by atoms with Crippen molar-refractivity contribution in [2.45, 2.75) is 32.6 Å². The minimum atomic E-state index is -0.721. The van der Waals surface area contributed by atoms with E-state index in [4.69, 9.17) is 15.2 Å². The van der Waals surface area contributed by atoms with Gasteiger partial charge in [0.15, 0.2) is 0 Å². The Morgan fingerprint density at radius 3 is 2.53 bits per heavy atom. The van der Waals surface area contributed by atoms with Crippen LogP contribution in [0.1, 0.15) is 19.4 Å². The van der Waals surface area contributed by atoms with Crippen molar-refractivity contribution in [1.82, 2.24) is 0 Å². The third kappa shape index (κ3) is 5.47. The average Bonchev–Trinajstić information content (AvgIpc) is 2.34. The molecule has 2 N–H and O–H groups in total. The SMILES string of the molecule is CC(C)OC[C@@H](N)C(=O)OCc1ccccc1. The summed E-state index contributed by atoms with van der Waals surface area (Å²) in [6, 6.07) is 8.76. The Morgan fingerprint density at radius 2 is 1.94 bits per heavy atom. The zero-order chi connectivity index (χ0) is 12.7. The van der Waals surface area contributed by atoms with Crippen LogP contribution in [-0.4, -0.2) is 24.7 Å². The maximum Gasteiger partial charge on any atom is 0.325 e. The number of hydrogen-bond donors (Lipinski definition) is 1. The van der Waals surface area contributed by atoms with Gasteiger partial charge in [0.1, 0.15) is 12.6 Å². The summed E-state index contributed by atoms with van der Waals surface area (Å²) in [6.07, 6.45) is 0.0583. The summed E-state index contributed by atoms with van der Waals surface area (Å²) < 4.78 is 10.3. The zero-order valence-electron chi connectivity index (χ0n) is 10.3. The third-order valence-electron chi connectivity index (χ3n) is 2.14.